The van der Waals surface area contributed by atoms with Crippen molar-refractivity contribution in [2.75, 3.05) is 19.6 Å². The summed E-state index contributed by atoms with van der Waals surface area (Å²) in [6, 6.07) is 0. The van der Waals surface area contributed by atoms with Crippen LogP contribution < -0.4 is 5.73 Å². The van der Waals surface area contributed by atoms with Crippen LogP contribution in [0.1, 0.15) is 45.4 Å². The molecule has 0 spiro atoms. The summed E-state index contributed by atoms with van der Waals surface area (Å²) in [7, 11) is 0. The summed E-state index contributed by atoms with van der Waals surface area (Å²) in [5, 5.41) is 0. The fourth-order valence-electron chi connectivity index (χ4n) is 2.71. The van der Waals surface area contributed by atoms with Gasteiger partial charge in [0.2, 0.25) is 0 Å². The molecule has 0 aromatic heterocycles. The second-order valence-electron chi connectivity index (χ2n) is 5.53. The molecule has 0 radical (unpaired) electrons. The van der Waals surface area contributed by atoms with Crippen molar-refractivity contribution in [3.8, 4) is 0 Å². The van der Waals surface area contributed by atoms with Crippen molar-refractivity contribution in [2.24, 2.45) is 11.7 Å². The van der Waals surface area contributed by atoms with Gasteiger partial charge in [0, 0.05) is 12.1 Å². The van der Waals surface area contributed by atoms with Gasteiger partial charge in [-0.2, -0.15) is 0 Å². The first kappa shape index (κ1) is 10.4. The molecule has 1 unspecified atom stereocenters. The van der Waals surface area contributed by atoms with Crippen LogP contribution in [0.15, 0.2) is 0 Å². The summed E-state index contributed by atoms with van der Waals surface area (Å²) in [6.45, 7) is 6.09. The maximum Gasteiger partial charge on any atom is 0.0283 e. The van der Waals surface area contributed by atoms with Gasteiger partial charge < -0.3 is 10.6 Å². The second-order valence-corrected chi connectivity index (χ2v) is 5.53. The molecule has 0 aromatic carbocycles. The molecule has 1 aliphatic heterocycles. The van der Waals surface area contributed by atoms with Crippen LogP contribution >= 0.6 is 0 Å². The highest BCUT2D eigenvalue weighted by Crippen LogP contribution is 2.30. The van der Waals surface area contributed by atoms with Crippen LogP contribution in [0, 0.1) is 5.92 Å². The third-order valence-electron chi connectivity index (χ3n) is 4.00. The molecule has 2 rings (SSSR count). The largest absolute Gasteiger partial charge is 0.324 e. The summed E-state index contributed by atoms with van der Waals surface area (Å²) in [6.07, 6.45) is 8.00. The van der Waals surface area contributed by atoms with Crippen LogP contribution in [0.3, 0.4) is 0 Å². The maximum absolute atomic E-state index is 6.28. The van der Waals surface area contributed by atoms with Crippen molar-refractivity contribution in [1.29, 1.82) is 0 Å². The van der Waals surface area contributed by atoms with Gasteiger partial charge in [0.15, 0.2) is 0 Å². The van der Waals surface area contributed by atoms with E-state index in [9.17, 15) is 0 Å². The van der Waals surface area contributed by atoms with E-state index in [0.717, 1.165) is 12.5 Å². The number of nitrogens with zero attached hydrogens (tertiary/aromatic N) is 1. The molecule has 1 saturated carbocycles. The highest BCUT2D eigenvalue weighted by atomic mass is 15.1. The highest BCUT2D eigenvalue weighted by Gasteiger charge is 2.34. The van der Waals surface area contributed by atoms with Crippen molar-refractivity contribution in [3.63, 3.8) is 0 Å². The zero-order chi connectivity index (χ0) is 10.0. The average Bonchev–Trinajstić information content (AvgIpc) is 2.29. The Kier molecular flexibility index (Phi) is 3.13. The molecule has 2 N–H and O–H groups in total. The first-order chi connectivity index (χ1) is 6.68. The normalized spacial score (nSPS) is 33.4. The van der Waals surface area contributed by atoms with E-state index in [4.69, 9.17) is 5.73 Å². The number of likely N-dealkylation sites (tertiary alicyclic amines) is 1. The predicted molar refractivity (Wildman–Crippen MR) is 60.2 cm³/mol. The van der Waals surface area contributed by atoms with E-state index in [0.29, 0.717) is 0 Å². The molecular formula is C12H24N2. The van der Waals surface area contributed by atoms with E-state index in [1.54, 1.807) is 0 Å². The summed E-state index contributed by atoms with van der Waals surface area (Å²) in [5.74, 6) is 0.926. The lowest BCUT2D eigenvalue weighted by Gasteiger charge is -2.41. The van der Waals surface area contributed by atoms with E-state index in [1.165, 1.54) is 51.6 Å². The lowest BCUT2D eigenvalue weighted by atomic mass is 9.77. The van der Waals surface area contributed by atoms with Gasteiger partial charge in [0.25, 0.3) is 0 Å². The number of hydrogen-bond donors (Lipinski definition) is 1. The fraction of sp³-hybridized carbons (Fsp3) is 1.00. The predicted octanol–water partition coefficient (Wildman–Crippen LogP) is 1.99. The minimum atomic E-state index is 0.188. The Morgan fingerprint density at radius 3 is 2.64 bits per heavy atom. The molecule has 2 nitrogen and oxygen atoms in total. The van der Waals surface area contributed by atoms with Crippen LogP contribution in [0.2, 0.25) is 0 Å². The topological polar surface area (TPSA) is 29.3 Å². The monoisotopic (exact) mass is 196 g/mol. The number of rotatable bonds is 2. The zero-order valence-electron chi connectivity index (χ0n) is 9.47. The molecule has 1 aliphatic carbocycles. The molecule has 0 aromatic rings. The lowest BCUT2D eigenvalue weighted by molar-refractivity contribution is 0.147. The quantitative estimate of drug-likeness (QED) is 0.732. The van der Waals surface area contributed by atoms with Gasteiger partial charge in [-0.05, 0) is 57.5 Å². The summed E-state index contributed by atoms with van der Waals surface area (Å²) < 4.78 is 0. The molecule has 14 heavy (non-hydrogen) atoms. The van der Waals surface area contributed by atoms with Gasteiger partial charge >= 0.3 is 0 Å². The summed E-state index contributed by atoms with van der Waals surface area (Å²) >= 11 is 0. The van der Waals surface area contributed by atoms with Gasteiger partial charge in [-0.15, -0.1) is 0 Å². The first-order valence-corrected chi connectivity index (χ1v) is 6.19. The van der Waals surface area contributed by atoms with Crippen LogP contribution in [0.5, 0.6) is 0 Å². The van der Waals surface area contributed by atoms with Crippen molar-refractivity contribution in [2.45, 2.75) is 51.0 Å². The fourth-order valence-corrected chi connectivity index (χ4v) is 2.71. The third-order valence-corrected chi connectivity index (χ3v) is 4.00. The molecule has 2 heteroatoms. The smallest absolute Gasteiger partial charge is 0.0283 e. The van der Waals surface area contributed by atoms with Crippen LogP contribution in [-0.2, 0) is 0 Å². The summed E-state index contributed by atoms with van der Waals surface area (Å²) in [4.78, 5) is 2.60. The van der Waals surface area contributed by atoms with Gasteiger partial charge in [-0.1, -0.05) is 6.92 Å². The van der Waals surface area contributed by atoms with Gasteiger partial charge in [-0.25, -0.2) is 0 Å². The van der Waals surface area contributed by atoms with E-state index in [-0.39, 0.29) is 5.54 Å². The van der Waals surface area contributed by atoms with Crippen molar-refractivity contribution < 1.29 is 0 Å². The minimum absolute atomic E-state index is 0.188. The van der Waals surface area contributed by atoms with Crippen LogP contribution in [-0.4, -0.2) is 30.1 Å². The van der Waals surface area contributed by atoms with Crippen LogP contribution in [0.4, 0.5) is 0 Å². The maximum atomic E-state index is 6.28. The zero-order valence-corrected chi connectivity index (χ0v) is 9.47. The Hall–Kier alpha value is -0.0800. The summed E-state index contributed by atoms with van der Waals surface area (Å²) in [5.41, 5.74) is 6.47. The van der Waals surface area contributed by atoms with E-state index < -0.39 is 0 Å². The molecule has 1 saturated heterocycles. The lowest BCUT2D eigenvalue weighted by Crippen LogP contribution is -2.55. The average molecular weight is 196 g/mol. The molecule has 1 heterocycles. The van der Waals surface area contributed by atoms with Crippen molar-refractivity contribution in [1.82, 2.24) is 4.90 Å². The molecule has 0 bridgehead atoms. The Labute approximate surface area is 87.8 Å². The van der Waals surface area contributed by atoms with E-state index in [2.05, 4.69) is 11.8 Å². The third kappa shape index (κ3) is 2.48. The number of nitrogens with two attached hydrogens (primary N) is 1. The Morgan fingerprint density at radius 1 is 1.21 bits per heavy atom. The van der Waals surface area contributed by atoms with Gasteiger partial charge in [0.1, 0.15) is 0 Å². The second kappa shape index (κ2) is 4.19. The molecule has 82 valence electrons. The molecule has 0 amide bonds. The molecule has 2 fully saturated rings. The molecule has 2 aliphatic rings. The molecule has 1 atom stereocenters. The Bertz CT molecular complexity index is 187. The van der Waals surface area contributed by atoms with Gasteiger partial charge in [0.05, 0.1) is 0 Å². The standard InChI is InChI=1S/C12H24N2/c1-11-4-2-8-14(9-5-11)10-12(13)6-3-7-12/h11H,2-10,13H2,1H3. The Balaban J connectivity index is 1.79. The highest BCUT2D eigenvalue weighted by molar-refractivity contribution is 4.95. The Morgan fingerprint density at radius 2 is 2.00 bits per heavy atom. The van der Waals surface area contributed by atoms with E-state index >= 15 is 0 Å². The first-order valence-electron chi connectivity index (χ1n) is 6.19. The van der Waals surface area contributed by atoms with Crippen molar-refractivity contribution >= 4 is 0 Å². The number of hydrogen-bond acceptors (Lipinski definition) is 2. The minimum Gasteiger partial charge on any atom is -0.324 e. The van der Waals surface area contributed by atoms with Gasteiger partial charge in [-0.3, -0.25) is 0 Å². The SMILES string of the molecule is CC1CCCN(CC2(N)CCC2)CC1. The van der Waals surface area contributed by atoms with E-state index in [1.807, 2.05) is 0 Å². The van der Waals surface area contributed by atoms with Crippen LogP contribution in [0.25, 0.3) is 0 Å². The molecular weight excluding hydrogens is 172 g/mol. The van der Waals surface area contributed by atoms with Crippen molar-refractivity contribution in [3.05, 3.63) is 0 Å².